The highest BCUT2D eigenvalue weighted by molar-refractivity contribution is 6.32. The Kier molecular flexibility index (Phi) is 8.72. The molecule has 1 N–H and O–H groups in total. The number of nitrogens with zero attached hydrogens (tertiary/aromatic N) is 1. The highest BCUT2D eigenvalue weighted by atomic mass is 35.5. The van der Waals surface area contributed by atoms with E-state index in [4.69, 9.17) is 25.8 Å². The van der Waals surface area contributed by atoms with Gasteiger partial charge in [-0.15, -0.1) is 0 Å². The maximum atomic E-state index is 12.3. The molecule has 0 bridgehead atoms. The summed E-state index contributed by atoms with van der Waals surface area (Å²) in [5.41, 5.74) is 3.29. The summed E-state index contributed by atoms with van der Waals surface area (Å²) in [5.74, 6) is 1.27. The van der Waals surface area contributed by atoms with Crippen LogP contribution in [0, 0.1) is 6.92 Å². The lowest BCUT2D eigenvalue weighted by Crippen LogP contribution is -2.20. The highest BCUT2D eigenvalue weighted by Crippen LogP contribution is 2.36. The van der Waals surface area contributed by atoms with Gasteiger partial charge >= 0.3 is 0 Å². The fourth-order valence-electron chi connectivity index (χ4n) is 3.07. The third-order valence-corrected chi connectivity index (χ3v) is 4.77. The summed E-state index contributed by atoms with van der Waals surface area (Å²) in [5, 5.41) is 3.14. The van der Waals surface area contributed by atoms with Gasteiger partial charge in [-0.2, -0.15) is 0 Å². The number of carbonyl (C=O) groups excluding carboxylic acids is 1. The van der Waals surface area contributed by atoms with Gasteiger partial charge in [0.15, 0.2) is 18.1 Å². The average Bonchev–Trinajstić information content (AvgIpc) is 2.78. The fraction of sp³-hybridized carbons (Fsp3) is 0.231. The first-order valence-electron chi connectivity index (χ1n) is 10.7. The van der Waals surface area contributed by atoms with E-state index in [-0.39, 0.29) is 12.5 Å². The van der Waals surface area contributed by atoms with Crippen LogP contribution in [0.15, 0.2) is 65.7 Å². The Hall–Kier alpha value is -3.51. The fourth-order valence-corrected chi connectivity index (χ4v) is 3.34. The van der Waals surface area contributed by atoms with Crippen LogP contribution in [-0.2, 0) is 4.79 Å². The van der Waals surface area contributed by atoms with Crippen LogP contribution in [0.1, 0.15) is 25.0 Å². The Bertz CT molecular complexity index is 1110. The van der Waals surface area contributed by atoms with E-state index in [9.17, 15) is 4.79 Å². The zero-order valence-corrected chi connectivity index (χ0v) is 19.7. The lowest BCUT2D eigenvalue weighted by atomic mass is 10.2. The second-order valence-electron chi connectivity index (χ2n) is 7.15. The van der Waals surface area contributed by atoms with Gasteiger partial charge in [0.25, 0.3) is 5.91 Å². The third-order valence-electron chi connectivity index (χ3n) is 4.49. The molecule has 3 aromatic rings. The van der Waals surface area contributed by atoms with Crippen LogP contribution >= 0.6 is 11.6 Å². The first-order valence-corrected chi connectivity index (χ1v) is 11.1. The Balaban J connectivity index is 1.70. The minimum Gasteiger partial charge on any atom is -0.494 e. The monoisotopic (exact) mass is 466 g/mol. The molecule has 0 aromatic heterocycles. The normalized spacial score (nSPS) is 10.8. The Labute approximate surface area is 199 Å². The van der Waals surface area contributed by atoms with Crippen molar-refractivity contribution >= 4 is 35.1 Å². The van der Waals surface area contributed by atoms with Crippen molar-refractivity contribution in [1.82, 2.24) is 0 Å². The number of aryl methyl sites for hydroxylation is 1. The molecule has 0 radical (unpaired) electrons. The lowest BCUT2D eigenvalue weighted by molar-refractivity contribution is -0.118. The maximum absolute atomic E-state index is 12.3. The smallest absolute Gasteiger partial charge is 0.262 e. The number of anilines is 1. The van der Waals surface area contributed by atoms with Crippen molar-refractivity contribution < 1.29 is 19.0 Å². The van der Waals surface area contributed by atoms with Crippen LogP contribution in [0.3, 0.4) is 0 Å². The molecule has 6 nitrogen and oxygen atoms in total. The number of carbonyl (C=O) groups is 1. The minimum absolute atomic E-state index is 0.201. The number of aliphatic imine (C=N–C) groups is 1. The molecule has 172 valence electrons. The number of halogens is 1. The molecule has 0 saturated heterocycles. The first-order chi connectivity index (χ1) is 16.0. The van der Waals surface area contributed by atoms with Crippen molar-refractivity contribution in [1.29, 1.82) is 0 Å². The van der Waals surface area contributed by atoms with E-state index in [1.807, 2.05) is 69.3 Å². The standard InChI is InChI=1S/C26H27ClN2O4/c1-4-31-22-11-9-20(10-12-22)28-16-19-14-23(27)26(24(15-19)32-5-2)33-17-25(30)29-21-8-6-7-18(3)13-21/h6-16H,4-5,17H2,1-3H3,(H,29,30). The molecule has 0 unspecified atom stereocenters. The van der Waals surface area contributed by atoms with E-state index >= 15 is 0 Å². The Morgan fingerprint density at radius 2 is 1.76 bits per heavy atom. The first kappa shape index (κ1) is 24.1. The van der Waals surface area contributed by atoms with Crippen LogP contribution in [-0.4, -0.2) is 31.9 Å². The summed E-state index contributed by atoms with van der Waals surface area (Å²) in [6.07, 6.45) is 1.69. The van der Waals surface area contributed by atoms with Crippen molar-refractivity contribution in [3.8, 4) is 17.2 Å². The number of rotatable bonds is 10. The summed E-state index contributed by atoms with van der Waals surface area (Å²) >= 11 is 6.46. The predicted octanol–water partition coefficient (Wildman–Crippen LogP) is 6.21. The number of hydrogen-bond acceptors (Lipinski definition) is 5. The summed E-state index contributed by atoms with van der Waals surface area (Å²) in [4.78, 5) is 16.8. The van der Waals surface area contributed by atoms with Crippen molar-refractivity contribution in [2.75, 3.05) is 25.1 Å². The molecular weight excluding hydrogens is 440 g/mol. The molecule has 1 amide bonds. The van der Waals surface area contributed by atoms with Crippen LogP contribution in [0.5, 0.6) is 17.2 Å². The van der Waals surface area contributed by atoms with Gasteiger partial charge in [0.1, 0.15) is 5.75 Å². The molecule has 0 saturated carbocycles. The summed E-state index contributed by atoms with van der Waals surface area (Å²) in [7, 11) is 0. The zero-order chi connectivity index (χ0) is 23.6. The molecule has 33 heavy (non-hydrogen) atoms. The van der Waals surface area contributed by atoms with Gasteiger partial charge in [-0.05, 0) is 80.4 Å². The number of amides is 1. The van der Waals surface area contributed by atoms with Gasteiger partial charge < -0.3 is 19.5 Å². The molecule has 7 heteroatoms. The highest BCUT2D eigenvalue weighted by Gasteiger charge is 2.14. The summed E-state index contributed by atoms with van der Waals surface area (Å²) < 4.78 is 16.9. The van der Waals surface area contributed by atoms with Gasteiger partial charge in [0.2, 0.25) is 0 Å². The second-order valence-corrected chi connectivity index (χ2v) is 7.56. The molecule has 0 aliphatic heterocycles. The van der Waals surface area contributed by atoms with Gasteiger partial charge in [0, 0.05) is 11.9 Å². The summed E-state index contributed by atoms with van der Waals surface area (Å²) in [6, 6.07) is 18.5. The largest absolute Gasteiger partial charge is 0.494 e. The topological polar surface area (TPSA) is 69.2 Å². The number of ether oxygens (including phenoxy) is 3. The molecule has 0 atom stereocenters. The maximum Gasteiger partial charge on any atom is 0.262 e. The van der Waals surface area contributed by atoms with E-state index in [1.165, 1.54) is 0 Å². The minimum atomic E-state index is -0.291. The molecular formula is C26H27ClN2O4. The SMILES string of the molecule is CCOc1ccc(N=Cc2cc(Cl)c(OCC(=O)Nc3cccc(C)c3)c(OCC)c2)cc1. The second kappa shape index (κ2) is 11.9. The van der Waals surface area contributed by atoms with Crippen LogP contribution in [0.4, 0.5) is 11.4 Å². The van der Waals surface area contributed by atoms with E-state index in [0.717, 1.165) is 22.6 Å². The molecule has 0 aliphatic carbocycles. The van der Waals surface area contributed by atoms with Crippen molar-refractivity contribution in [3.05, 3.63) is 76.8 Å². The number of hydrogen-bond donors (Lipinski definition) is 1. The zero-order valence-electron chi connectivity index (χ0n) is 18.9. The molecule has 0 aliphatic rings. The quantitative estimate of drug-likeness (QED) is 0.360. The average molecular weight is 467 g/mol. The van der Waals surface area contributed by atoms with Crippen molar-refractivity contribution in [2.24, 2.45) is 4.99 Å². The van der Waals surface area contributed by atoms with Gasteiger partial charge in [-0.25, -0.2) is 0 Å². The predicted molar refractivity (Wildman–Crippen MR) is 133 cm³/mol. The number of nitrogens with one attached hydrogen (secondary N) is 1. The van der Waals surface area contributed by atoms with Crippen molar-refractivity contribution in [2.45, 2.75) is 20.8 Å². The third kappa shape index (κ3) is 7.26. The van der Waals surface area contributed by atoms with Gasteiger partial charge in [-0.1, -0.05) is 23.7 Å². The molecule has 3 aromatic carbocycles. The summed E-state index contributed by atoms with van der Waals surface area (Å²) in [6.45, 7) is 6.60. The molecule has 0 heterocycles. The molecule has 0 spiro atoms. The van der Waals surface area contributed by atoms with E-state index in [0.29, 0.717) is 35.4 Å². The van der Waals surface area contributed by atoms with Crippen LogP contribution < -0.4 is 19.5 Å². The van der Waals surface area contributed by atoms with E-state index in [1.54, 1.807) is 18.3 Å². The molecule has 0 fully saturated rings. The van der Waals surface area contributed by atoms with Gasteiger partial charge in [-0.3, -0.25) is 9.79 Å². The Morgan fingerprint density at radius 1 is 1.00 bits per heavy atom. The molecule has 3 rings (SSSR count). The van der Waals surface area contributed by atoms with E-state index in [2.05, 4.69) is 10.3 Å². The van der Waals surface area contributed by atoms with Crippen LogP contribution in [0.2, 0.25) is 5.02 Å². The van der Waals surface area contributed by atoms with E-state index < -0.39 is 0 Å². The lowest BCUT2D eigenvalue weighted by Gasteiger charge is -2.14. The van der Waals surface area contributed by atoms with Crippen LogP contribution in [0.25, 0.3) is 0 Å². The van der Waals surface area contributed by atoms with Gasteiger partial charge in [0.05, 0.1) is 23.9 Å². The number of benzene rings is 3. The Morgan fingerprint density at radius 3 is 2.45 bits per heavy atom. The van der Waals surface area contributed by atoms with Crippen molar-refractivity contribution in [3.63, 3.8) is 0 Å².